The van der Waals surface area contributed by atoms with Crippen LogP contribution in [0.4, 0.5) is 5.82 Å². The first kappa shape index (κ1) is 11.6. The predicted octanol–water partition coefficient (Wildman–Crippen LogP) is 3.48. The summed E-state index contributed by atoms with van der Waals surface area (Å²) in [6, 6.07) is 7.71. The van der Waals surface area contributed by atoms with Gasteiger partial charge < -0.3 is 4.90 Å². The minimum atomic E-state index is 0.430. The van der Waals surface area contributed by atoms with Crippen LogP contribution >= 0.6 is 34.9 Å². The van der Waals surface area contributed by atoms with Gasteiger partial charge in [0.2, 0.25) is 0 Å². The molecule has 0 aliphatic heterocycles. The monoisotopic (exact) mass is 273 g/mol. The quantitative estimate of drug-likeness (QED) is 0.858. The van der Waals surface area contributed by atoms with Gasteiger partial charge in [-0.1, -0.05) is 41.4 Å². The van der Waals surface area contributed by atoms with Crippen molar-refractivity contribution in [3.05, 3.63) is 40.0 Å². The van der Waals surface area contributed by atoms with Gasteiger partial charge in [0.15, 0.2) is 11.0 Å². The molecule has 0 bridgehead atoms. The van der Waals surface area contributed by atoms with Gasteiger partial charge in [0, 0.05) is 18.6 Å². The van der Waals surface area contributed by atoms with Crippen molar-refractivity contribution in [3.63, 3.8) is 0 Å². The number of hydrogen-bond donors (Lipinski definition) is 0. The number of benzene rings is 1. The van der Waals surface area contributed by atoms with Crippen LogP contribution in [0.15, 0.2) is 24.3 Å². The highest BCUT2D eigenvalue weighted by atomic mass is 35.5. The molecule has 16 heavy (non-hydrogen) atoms. The molecule has 1 heterocycles. The Morgan fingerprint density at radius 1 is 1.25 bits per heavy atom. The third-order valence-electron chi connectivity index (χ3n) is 2.16. The van der Waals surface area contributed by atoms with Crippen LogP contribution < -0.4 is 4.90 Å². The van der Waals surface area contributed by atoms with Crippen molar-refractivity contribution in [1.29, 1.82) is 0 Å². The van der Waals surface area contributed by atoms with E-state index >= 15 is 0 Å². The van der Waals surface area contributed by atoms with Gasteiger partial charge in [-0.15, -0.1) is 0 Å². The Morgan fingerprint density at radius 2 is 2.00 bits per heavy atom. The fourth-order valence-electron chi connectivity index (χ4n) is 1.36. The molecule has 0 atom stereocenters. The van der Waals surface area contributed by atoms with Crippen LogP contribution in [0.5, 0.6) is 0 Å². The highest BCUT2D eigenvalue weighted by Crippen LogP contribution is 2.24. The van der Waals surface area contributed by atoms with E-state index in [0.29, 0.717) is 17.5 Å². The Labute approximate surface area is 108 Å². The summed E-state index contributed by atoms with van der Waals surface area (Å²) >= 11 is 13.1. The van der Waals surface area contributed by atoms with Crippen molar-refractivity contribution < 1.29 is 0 Å². The van der Waals surface area contributed by atoms with E-state index in [2.05, 4.69) is 8.75 Å². The molecule has 84 valence electrons. The number of aromatic nitrogens is 2. The topological polar surface area (TPSA) is 29.0 Å². The molecule has 2 rings (SSSR count). The first-order valence-electron chi connectivity index (χ1n) is 4.61. The maximum absolute atomic E-state index is 6.08. The molecular formula is C10H9Cl2N3S. The fraction of sp³-hybridized carbons (Fsp3) is 0.200. The zero-order chi connectivity index (χ0) is 11.5. The normalized spacial score (nSPS) is 10.4. The second-order valence-electron chi connectivity index (χ2n) is 3.33. The molecule has 0 unspecified atom stereocenters. The van der Waals surface area contributed by atoms with E-state index in [-0.39, 0.29) is 0 Å². The van der Waals surface area contributed by atoms with Crippen molar-refractivity contribution >= 4 is 40.7 Å². The SMILES string of the molecule is CN(Cc1ccccc1Cl)c1nsnc1Cl. The Hall–Kier alpha value is -0.840. The van der Waals surface area contributed by atoms with E-state index in [0.717, 1.165) is 22.3 Å². The van der Waals surface area contributed by atoms with Crippen LogP contribution in [0.1, 0.15) is 5.56 Å². The molecule has 6 heteroatoms. The molecule has 3 nitrogen and oxygen atoms in total. The average molecular weight is 274 g/mol. The standard InChI is InChI=1S/C10H9Cl2N3S/c1-15(10-9(12)13-16-14-10)6-7-4-2-3-5-8(7)11/h2-5H,6H2,1H3. The molecule has 2 aromatic rings. The van der Waals surface area contributed by atoms with Gasteiger partial charge >= 0.3 is 0 Å². The maximum Gasteiger partial charge on any atom is 0.187 e. The largest absolute Gasteiger partial charge is 0.352 e. The zero-order valence-electron chi connectivity index (χ0n) is 8.52. The van der Waals surface area contributed by atoms with E-state index in [1.165, 1.54) is 0 Å². The van der Waals surface area contributed by atoms with Crippen LogP contribution in [0.3, 0.4) is 0 Å². The minimum Gasteiger partial charge on any atom is -0.352 e. The first-order valence-corrected chi connectivity index (χ1v) is 6.09. The van der Waals surface area contributed by atoms with Gasteiger partial charge in [0.1, 0.15) is 0 Å². The predicted molar refractivity (Wildman–Crippen MR) is 68.5 cm³/mol. The molecule has 1 aromatic carbocycles. The average Bonchev–Trinajstić information content (AvgIpc) is 2.68. The van der Waals surface area contributed by atoms with Gasteiger partial charge in [-0.2, -0.15) is 8.75 Å². The van der Waals surface area contributed by atoms with Crippen LogP contribution in [-0.4, -0.2) is 15.8 Å². The Kier molecular flexibility index (Phi) is 3.63. The number of hydrogen-bond acceptors (Lipinski definition) is 4. The lowest BCUT2D eigenvalue weighted by Crippen LogP contribution is -2.17. The molecule has 0 N–H and O–H groups in total. The van der Waals surface area contributed by atoms with Crippen LogP contribution in [-0.2, 0) is 6.54 Å². The molecule has 0 aliphatic rings. The highest BCUT2D eigenvalue weighted by molar-refractivity contribution is 6.99. The molecule has 1 aromatic heterocycles. The third-order valence-corrected chi connectivity index (χ3v) is 3.40. The van der Waals surface area contributed by atoms with E-state index < -0.39 is 0 Å². The first-order chi connectivity index (χ1) is 7.68. The van der Waals surface area contributed by atoms with Gasteiger partial charge in [-0.25, -0.2) is 0 Å². The second-order valence-corrected chi connectivity index (χ2v) is 4.62. The van der Waals surface area contributed by atoms with E-state index in [1.54, 1.807) is 0 Å². The van der Waals surface area contributed by atoms with Crippen molar-refractivity contribution in [2.24, 2.45) is 0 Å². The van der Waals surface area contributed by atoms with E-state index in [4.69, 9.17) is 23.2 Å². The van der Waals surface area contributed by atoms with Gasteiger partial charge in [0.05, 0.1) is 11.7 Å². The van der Waals surface area contributed by atoms with Crippen molar-refractivity contribution in [1.82, 2.24) is 8.75 Å². The summed E-state index contributed by atoms with van der Waals surface area (Å²) in [5.41, 5.74) is 1.04. The molecule has 0 saturated carbocycles. The van der Waals surface area contributed by atoms with E-state index in [9.17, 15) is 0 Å². The summed E-state index contributed by atoms with van der Waals surface area (Å²) < 4.78 is 8.05. The lowest BCUT2D eigenvalue weighted by Gasteiger charge is -2.16. The van der Waals surface area contributed by atoms with Crippen molar-refractivity contribution in [2.75, 3.05) is 11.9 Å². The molecule has 0 spiro atoms. The minimum absolute atomic E-state index is 0.430. The molecule has 0 aliphatic carbocycles. The number of rotatable bonds is 3. The van der Waals surface area contributed by atoms with Gasteiger partial charge in [-0.3, -0.25) is 0 Å². The Morgan fingerprint density at radius 3 is 2.62 bits per heavy atom. The van der Waals surface area contributed by atoms with Crippen LogP contribution in [0.2, 0.25) is 10.2 Å². The summed E-state index contributed by atoms with van der Waals surface area (Å²) in [5, 5.41) is 1.17. The Balaban J connectivity index is 2.17. The fourth-order valence-corrected chi connectivity index (χ4v) is 2.38. The number of nitrogens with zero attached hydrogens (tertiary/aromatic N) is 3. The van der Waals surface area contributed by atoms with Gasteiger partial charge in [0.25, 0.3) is 0 Å². The Bertz CT molecular complexity index is 486. The zero-order valence-corrected chi connectivity index (χ0v) is 10.9. The van der Waals surface area contributed by atoms with Gasteiger partial charge in [-0.05, 0) is 11.6 Å². The van der Waals surface area contributed by atoms with Crippen molar-refractivity contribution in [3.8, 4) is 0 Å². The lowest BCUT2D eigenvalue weighted by atomic mass is 10.2. The lowest BCUT2D eigenvalue weighted by molar-refractivity contribution is 0.908. The molecule has 0 amide bonds. The second kappa shape index (κ2) is 4.99. The van der Waals surface area contributed by atoms with Crippen LogP contribution in [0.25, 0.3) is 0 Å². The maximum atomic E-state index is 6.08. The molecular weight excluding hydrogens is 265 g/mol. The number of halogens is 2. The summed E-state index contributed by atoms with van der Waals surface area (Å²) in [4.78, 5) is 1.92. The third kappa shape index (κ3) is 2.45. The molecule has 0 saturated heterocycles. The summed E-state index contributed by atoms with van der Waals surface area (Å²) in [6.07, 6.45) is 0. The highest BCUT2D eigenvalue weighted by Gasteiger charge is 2.11. The van der Waals surface area contributed by atoms with Crippen molar-refractivity contribution in [2.45, 2.75) is 6.54 Å². The summed E-state index contributed by atoms with van der Waals surface area (Å²) in [6.45, 7) is 0.658. The summed E-state index contributed by atoms with van der Waals surface area (Å²) in [5.74, 6) is 0.687. The van der Waals surface area contributed by atoms with E-state index in [1.807, 2.05) is 36.2 Å². The van der Waals surface area contributed by atoms with Crippen LogP contribution in [0, 0.1) is 0 Å². The smallest absolute Gasteiger partial charge is 0.187 e. The molecule has 0 radical (unpaired) electrons. The summed E-state index contributed by atoms with van der Waals surface area (Å²) in [7, 11) is 1.91. The molecule has 0 fully saturated rings. The number of anilines is 1.